The van der Waals surface area contributed by atoms with E-state index in [0.717, 1.165) is 0 Å². The van der Waals surface area contributed by atoms with E-state index in [9.17, 15) is 9.59 Å². The first-order valence-electron chi connectivity index (χ1n) is 10.9. The first-order chi connectivity index (χ1) is 16.4. The monoisotopic (exact) mass is 458 g/mol. The molecule has 0 saturated heterocycles. The SMILES string of the molecule is COc1ccc(OC)c(NC2=C(c3ccc(OC(C)C)cc3)C(=O)N(c3ccccc3)C2=O)c1. The molecule has 34 heavy (non-hydrogen) atoms. The van der Waals surface area contributed by atoms with E-state index in [-0.39, 0.29) is 17.4 Å². The van der Waals surface area contributed by atoms with Gasteiger partial charge in [-0.25, -0.2) is 4.90 Å². The molecule has 174 valence electrons. The number of benzene rings is 3. The van der Waals surface area contributed by atoms with Crippen molar-refractivity contribution in [3.8, 4) is 17.2 Å². The summed E-state index contributed by atoms with van der Waals surface area (Å²) in [5.74, 6) is 0.890. The summed E-state index contributed by atoms with van der Waals surface area (Å²) >= 11 is 0. The molecule has 0 saturated carbocycles. The number of carbonyl (C=O) groups is 2. The van der Waals surface area contributed by atoms with Gasteiger partial charge in [-0.1, -0.05) is 30.3 Å². The third kappa shape index (κ3) is 4.45. The van der Waals surface area contributed by atoms with E-state index in [1.807, 2.05) is 19.9 Å². The Morgan fingerprint density at radius 2 is 1.47 bits per heavy atom. The molecule has 0 atom stereocenters. The van der Waals surface area contributed by atoms with Gasteiger partial charge in [-0.15, -0.1) is 0 Å². The fraction of sp³-hybridized carbons (Fsp3) is 0.185. The summed E-state index contributed by atoms with van der Waals surface area (Å²) in [6.07, 6.45) is 0.0195. The molecule has 0 unspecified atom stereocenters. The molecule has 7 heteroatoms. The highest BCUT2D eigenvalue weighted by Crippen LogP contribution is 2.37. The molecule has 1 aliphatic heterocycles. The van der Waals surface area contributed by atoms with Gasteiger partial charge in [0.15, 0.2) is 0 Å². The van der Waals surface area contributed by atoms with Crippen molar-refractivity contribution in [2.75, 3.05) is 24.4 Å². The number of nitrogens with zero attached hydrogens (tertiary/aromatic N) is 1. The zero-order valence-corrected chi connectivity index (χ0v) is 19.5. The normalized spacial score (nSPS) is 13.5. The van der Waals surface area contributed by atoms with Crippen molar-refractivity contribution in [3.63, 3.8) is 0 Å². The van der Waals surface area contributed by atoms with Crippen molar-refractivity contribution in [1.29, 1.82) is 0 Å². The van der Waals surface area contributed by atoms with Crippen LogP contribution in [-0.2, 0) is 9.59 Å². The Morgan fingerprint density at radius 1 is 0.794 bits per heavy atom. The fourth-order valence-corrected chi connectivity index (χ4v) is 3.74. The molecule has 1 N–H and O–H groups in total. The van der Waals surface area contributed by atoms with Gasteiger partial charge in [0.05, 0.1) is 37.3 Å². The summed E-state index contributed by atoms with van der Waals surface area (Å²) in [7, 11) is 3.09. The lowest BCUT2D eigenvalue weighted by molar-refractivity contribution is -0.120. The Kier molecular flexibility index (Phi) is 6.54. The smallest absolute Gasteiger partial charge is 0.282 e. The second-order valence-corrected chi connectivity index (χ2v) is 7.91. The molecule has 3 aromatic rings. The third-order valence-corrected chi connectivity index (χ3v) is 5.28. The molecule has 1 aliphatic rings. The minimum atomic E-state index is -0.460. The number of hydrogen-bond acceptors (Lipinski definition) is 6. The van der Waals surface area contributed by atoms with Gasteiger partial charge in [-0.2, -0.15) is 0 Å². The van der Waals surface area contributed by atoms with Gasteiger partial charge in [0.2, 0.25) is 0 Å². The van der Waals surface area contributed by atoms with E-state index in [4.69, 9.17) is 14.2 Å². The lowest BCUT2D eigenvalue weighted by atomic mass is 10.0. The van der Waals surface area contributed by atoms with E-state index in [2.05, 4.69) is 5.32 Å². The highest BCUT2D eigenvalue weighted by Gasteiger charge is 2.40. The number of imide groups is 1. The van der Waals surface area contributed by atoms with Crippen molar-refractivity contribution in [3.05, 3.63) is 84.1 Å². The zero-order valence-electron chi connectivity index (χ0n) is 19.5. The summed E-state index contributed by atoms with van der Waals surface area (Å²) < 4.78 is 16.5. The summed E-state index contributed by atoms with van der Waals surface area (Å²) in [5.41, 5.74) is 2.00. The summed E-state index contributed by atoms with van der Waals surface area (Å²) in [4.78, 5) is 28.3. The van der Waals surface area contributed by atoms with Crippen molar-refractivity contribution in [2.24, 2.45) is 0 Å². The highest BCUT2D eigenvalue weighted by atomic mass is 16.5. The van der Waals surface area contributed by atoms with Crippen LogP contribution in [0.4, 0.5) is 11.4 Å². The van der Waals surface area contributed by atoms with E-state index < -0.39 is 11.8 Å². The Bertz CT molecular complexity index is 1230. The van der Waals surface area contributed by atoms with Crippen LogP contribution in [0.5, 0.6) is 17.2 Å². The third-order valence-electron chi connectivity index (χ3n) is 5.28. The van der Waals surface area contributed by atoms with Crippen molar-refractivity contribution < 1.29 is 23.8 Å². The summed E-state index contributed by atoms with van der Waals surface area (Å²) in [6.45, 7) is 3.88. The van der Waals surface area contributed by atoms with Gasteiger partial charge in [0, 0.05) is 6.07 Å². The summed E-state index contributed by atoms with van der Waals surface area (Å²) in [6, 6.07) is 21.2. The molecule has 0 aromatic heterocycles. The standard InChI is InChI=1S/C27H26N2O5/c1-17(2)34-20-12-10-18(11-13-20)24-25(28-22-16-21(32-3)14-15-23(22)33-4)27(31)29(26(24)30)19-8-6-5-7-9-19/h5-17,28H,1-4H3. The zero-order chi connectivity index (χ0) is 24.2. The van der Waals surface area contributed by atoms with Gasteiger partial charge in [-0.3, -0.25) is 9.59 Å². The van der Waals surface area contributed by atoms with Gasteiger partial charge in [0.25, 0.3) is 11.8 Å². The Balaban J connectivity index is 1.81. The minimum Gasteiger partial charge on any atom is -0.497 e. The van der Waals surface area contributed by atoms with Gasteiger partial charge < -0.3 is 19.5 Å². The number of carbonyl (C=O) groups excluding carboxylic acids is 2. The van der Waals surface area contributed by atoms with Crippen LogP contribution in [0.25, 0.3) is 5.57 Å². The number of anilines is 2. The number of nitrogens with one attached hydrogen (secondary N) is 1. The molecule has 2 amide bonds. The van der Waals surface area contributed by atoms with Crippen LogP contribution in [0.15, 0.2) is 78.5 Å². The average Bonchev–Trinajstić information content (AvgIpc) is 3.08. The van der Waals surface area contributed by atoms with Gasteiger partial charge >= 0.3 is 0 Å². The van der Waals surface area contributed by atoms with Crippen LogP contribution in [0.1, 0.15) is 19.4 Å². The average molecular weight is 459 g/mol. The minimum absolute atomic E-state index is 0.0195. The maximum atomic E-state index is 13.6. The lowest BCUT2D eigenvalue weighted by Crippen LogP contribution is -2.32. The molecule has 0 fully saturated rings. The molecular weight excluding hydrogens is 432 g/mol. The van der Waals surface area contributed by atoms with Crippen LogP contribution in [0, 0.1) is 0 Å². The van der Waals surface area contributed by atoms with Crippen molar-refractivity contribution in [2.45, 2.75) is 20.0 Å². The maximum absolute atomic E-state index is 13.6. The van der Waals surface area contributed by atoms with Crippen molar-refractivity contribution >= 4 is 28.8 Å². The predicted molar refractivity (Wildman–Crippen MR) is 131 cm³/mol. The van der Waals surface area contributed by atoms with Crippen LogP contribution >= 0.6 is 0 Å². The molecule has 3 aromatic carbocycles. The number of rotatable bonds is 8. The number of para-hydroxylation sites is 1. The van der Waals surface area contributed by atoms with E-state index in [1.54, 1.807) is 73.8 Å². The molecule has 7 nitrogen and oxygen atoms in total. The Labute approximate surface area is 198 Å². The van der Waals surface area contributed by atoms with Gasteiger partial charge in [-0.05, 0) is 55.8 Å². The first kappa shape index (κ1) is 22.9. The molecule has 0 spiro atoms. The van der Waals surface area contributed by atoms with E-state index in [1.165, 1.54) is 12.0 Å². The predicted octanol–water partition coefficient (Wildman–Crippen LogP) is 4.89. The molecule has 0 radical (unpaired) electrons. The Morgan fingerprint density at radius 3 is 2.09 bits per heavy atom. The topological polar surface area (TPSA) is 77.1 Å². The highest BCUT2D eigenvalue weighted by molar-refractivity contribution is 6.46. The van der Waals surface area contributed by atoms with Crippen molar-refractivity contribution in [1.82, 2.24) is 0 Å². The quantitative estimate of drug-likeness (QED) is 0.485. The molecule has 0 aliphatic carbocycles. The largest absolute Gasteiger partial charge is 0.497 e. The summed E-state index contributed by atoms with van der Waals surface area (Å²) in [5, 5.41) is 3.14. The number of methoxy groups -OCH3 is 2. The second-order valence-electron chi connectivity index (χ2n) is 7.91. The first-order valence-corrected chi connectivity index (χ1v) is 10.9. The molecular formula is C27H26N2O5. The Hall–Kier alpha value is -4.26. The van der Waals surface area contributed by atoms with Crippen LogP contribution < -0.4 is 24.4 Å². The lowest BCUT2D eigenvalue weighted by Gasteiger charge is -2.16. The molecule has 4 rings (SSSR count). The van der Waals surface area contributed by atoms with Crippen LogP contribution in [0.2, 0.25) is 0 Å². The van der Waals surface area contributed by atoms with E-state index in [0.29, 0.717) is 34.2 Å². The van der Waals surface area contributed by atoms with E-state index >= 15 is 0 Å². The van der Waals surface area contributed by atoms with Gasteiger partial charge in [0.1, 0.15) is 22.9 Å². The second kappa shape index (κ2) is 9.70. The number of hydrogen-bond donors (Lipinski definition) is 1. The number of ether oxygens (including phenoxy) is 3. The fourth-order valence-electron chi connectivity index (χ4n) is 3.74. The van der Waals surface area contributed by atoms with Crippen LogP contribution in [0.3, 0.4) is 0 Å². The molecule has 1 heterocycles. The van der Waals surface area contributed by atoms with Crippen LogP contribution in [-0.4, -0.2) is 32.1 Å². The molecule has 0 bridgehead atoms. The maximum Gasteiger partial charge on any atom is 0.282 e. The number of amides is 2.